The van der Waals surface area contributed by atoms with E-state index in [-0.39, 0.29) is 5.91 Å². The molecule has 7 heteroatoms. The number of nitrogens with one attached hydrogen (secondary N) is 3. The Kier molecular flexibility index (Phi) is 5.51. The van der Waals surface area contributed by atoms with Gasteiger partial charge in [0.1, 0.15) is 0 Å². The number of H-pyrrole nitrogens is 2. The molecule has 3 N–H and O–H groups in total. The molecule has 1 amide bonds. The first-order valence-corrected chi connectivity index (χ1v) is 11.1. The van der Waals surface area contributed by atoms with Crippen LogP contribution in [-0.2, 0) is 4.79 Å². The van der Waals surface area contributed by atoms with E-state index >= 15 is 0 Å². The summed E-state index contributed by atoms with van der Waals surface area (Å²) in [6, 6.07) is 12.2. The second kappa shape index (κ2) is 8.78. The monoisotopic (exact) mass is 448 g/mol. The zero-order valence-electron chi connectivity index (χ0n) is 19.0. The predicted molar refractivity (Wildman–Crippen MR) is 137 cm³/mol. The van der Waals surface area contributed by atoms with Crippen LogP contribution in [0.2, 0.25) is 0 Å². The topological polar surface area (TPSA) is 99.3 Å². The van der Waals surface area contributed by atoms with Gasteiger partial charge in [0, 0.05) is 46.2 Å². The molecule has 34 heavy (non-hydrogen) atoms. The van der Waals surface area contributed by atoms with E-state index in [2.05, 4.69) is 55.2 Å². The lowest BCUT2D eigenvalue weighted by Gasteiger charge is -2.06. The normalized spacial score (nSPS) is 11.5. The number of rotatable bonds is 6. The molecule has 7 nitrogen and oxygen atoms in total. The van der Waals surface area contributed by atoms with Crippen LogP contribution in [0, 0.1) is 0 Å². The quantitative estimate of drug-likeness (QED) is 0.273. The van der Waals surface area contributed by atoms with E-state index in [1.807, 2.05) is 44.2 Å². The van der Waals surface area contributed by atoms with Crippen LogP contribution < -0.4 is 5.32 Å². The Balaban J connectivity index is 1.58. The molecular formula is C27H24N6O. The SMILES string of the molecule is C=C(/C=C\C)c1cccc2[nH]c(-c3[nH]nc4ncc(-c5cncc(NC(=O)CC)c5)cc34)cc12. The van der Waals surface area contributed by atoms with Crippen molar-refractivity contribution in [2.45, 2.75) is 20.3 Å². The summed E-state index contributed by atoms with van der Waals surface area (Å²) in [6.07, 6.45) is 9.56. The van der Waals surface area contributed by atoms with Gasteiger partial charge in [-0.15, -0.1) is 0 Å². The molecule has 4 heterocycles. The number of aromatic amines is 2. The Labute approximate surface area is 196 Å². The first-order chi connectivity index (χ1) is 16.6. The largest absolute Gasteiger partial charge is 0.353 e. The molecular weight excluding hydrogens is 424 g/mol. The van der Waals surface area contributed by atoms with E-state index in [0.29, 0.717) is 17.8 Å². The number of fused-ring (bicyclic) bond motifs is 2. The maximum Gasteiger partial charge on any atom is 0.224 e. The van der Waals surface area contributed by atoms with E-state index in [0.717, 1.165) is 49.9 Å². The number of hydrogen-bond acceptors (Lipinski definition) is 4. The number of carbonyl (C=O) groups excluding carboxylic acids is 1. The van der Waals surface area contributed by atoms with Gasteiger partial charge in [-0.2, -0.15) is 5.10 Å². The number of carbonyl (C=O) groups is 1. The Morgan fingerprint density at radius 2 is 1.97 bits per heavy atom. The maximum absolute atomic E-state index is 11.8. The average Bonchev–Trinajstić information content (AvgIpc) is 3.47. The van der Waals surface area contributed by atoms with Crippen LogP contribution in [0.3, 0.4) is 0 Å². The van der Waals surface area contributed by atoms with Gasteiger partial charge >= 0.3 is 0 Å². The number of allylic oxidation sites excluding steroid dienone is 3. The minimum Gasteiger partial charge on any atom is -0.353 e. The zero-order valence-corrected chi connectivity index (χ0v) is 19.0. The molecule has 0 fully saturated rings. The van der Waals surface area contributed by atoms with Crippen molar-refractivity contribution in [2.75, 3.05) is 5.32 Å². The van der Waals surface area contributed by atoms with Crippen LogP contribution in [0.4, 0.5) is 5.69 Å². The summed E-state index contributed by atoms with van der Waals surface area (Å²) >= 11 is 0. The highest BCUT2D eigenvalue weighted by Crippen LogP contribution is 2.33. The fourth-order valence-electron chi connectivity index (χ4n) is 4.04. The third kappa shape index (κ3) is 3.88. The molecule has 168 valence electrons. The van der Waals surface area contributed by atoms with Crippen molar-refractivity contribution in [1.29, 1.82) is 0 Å². The third-order valence-electron chi connectivity index (χ3n) is 5.73. The van der Waals surface area contributed by atoms with Crippen molar-refractivity contribution in [2.24, 2.45) is 0 Å². The van der Waals surface area contributed by atoms with Gasteiger partial charge in [0.05, 0.1) is 23.3 Å². The lowest BCUT2D eigenvalue weighted by atomic mass is 10.0. The Morgan fingerprint density at radius 1 is 1.12 bits per heavy atom. The lowest BCUT2D eigenvalue weighted by molar-refractivity contribution is -0.115. The molecule has 0 aliphatic carbocycles. The number of pyridine rings is 2. The fourth-order valence-corrected chi connectivity index (χ4v) is 4.04. The van der Waals surface area contributed by atoms with Crippen molar-refractivity contribution in [3.05, 3.63) is 79.3 Å². The Hall–Kier alpha value is -4.52. The average molecular weight is 449 g/mol. The molecule has 0 aliphatic heterocycles. The van der Waals surface area contributed by atoms with Crippen LogP contribution in [-0.4, -0.2) is 31.1 Å². The van der Waals surface area contributed by atoms with E-state index in [1.165, 1.54) is 0 Å². The summed E-state index contributed by atoms with van der Waals surface area (Å²) in [6.45, 7) is 8.00. The van der Waals surface area contributed by atoms with Crippen LogP contribution in [0.15, 0.2) is 73.7 Å². The molecule has 1 aromatic carbocycles. The van der Waals surface area contributed by atoms with Crippen molar-refractivity contribution >= 4 is 39.1 Å². The van der Waals surface area contributed by atoms with Gasteiger partial charge in [-0.25, -0.2) is 4.98 Å². The predicted octanol–water partition coefficient (Wildman–Crippen LogP) is 6.11. The van der Waals surface area contributed by atoms with Crippen molar-refractivity contribution < 1.29 is 4.79 Å². The molecule has 0 saturated carbocycles. The maximum atomic E-state index is 11.8. The fraction of sp³-hybridized carbons (Fsp3) is 0.111. The number of benzene rings is 1. The number of amides is 1. The molecule has 0 unspecified atom stereocenters. The van der Waals surface area contributed by atoms with Gasteiger partial charge in [0.15, 0.2) is 5.65 Å². The van der Waals surface area contributed by atoms with Gasteiger partial charge in [-0.3, -0.25) is 14.9 Å². The standard InChI is InChI=1S/C27H24N6O/c1-4-7-16(3)20-8-6-9-23-21(20)12-24(31-23)26-22-11-18(14-29-27(22)33-32-26)17-10-19(15-28-13-17)30-25(34)5-2/h4,6-15,31H,3,5H2,1-2H3,(H,30,34)(H,29,32,33)/b7-4-. The first kappa shape index (κ1) is 21.3. The Morgan fingerprint density at radius 3 is 2.79 bits per heavy atom. The molecule has 0 spiro atoms. The zero-order chi connectivity index (χ0) is 23.7. The molecule has 5 rings (SSSR count). The summed E-state index contributed by atoms with van der Waals surface area (Å²) in [4.78, 5) is 24.1. The molecule has 0 atom stereocenters. The minimum absolute atomic E-state index is 0.0556. The van der Waals surface area contributed by atoms with Crippen molar-refractivity contribution in [3.63, 3.8) is 0 Å². The first-order valence-electron chi connectivity index (χ1n) is 11.1. The third-order valence-corrected chi connectivity index (χ3v) is 5.73. The van der Waals surface area contributed by atoms with Crippen LogP contribution >= 0.6 is 0 Å². The van der Waals surface area contributed by atoms with E-state index in [9.17, 15) is 4.79 Å². The summed E-state index contributed by atoms with van der Waals surface area (Å²) in [5.41, 5.74) is 7.85. The van der Waals surface area contributed by atoms with E-state index in [4.69, 9.17) is 0 Å². The molecule has 5 aromatic rings. The number of aromatic nitrogens is 5. The highest BCUT2D eigenvalue weighted by atomic mass is 16.1. The molecule has 0 aliphatic rings. The van der Waals surface area contributed by atoms with E-state index in [1.54, 1.807) is 18.6 Å². The summed E-state index contributed by atoms with van der Waals surface area (Å²) in [5, 5.41) is 12.4. The van der Waals surface area contributed by atoms with Crippen molar-refractivity contribution in [3.8, 4) is 22.5 Å². The number of hydrogen-bond donors (Lipinski definition) is 3. The second-order valence-corrected chi connectivity index (χ2v) is 8.03. The number of nitrogens with zero attached hydrogens (tertiary/aromatic N) is 3. The van der Waals surface area contributed by atoms with Gasteiger partial charge in [0.25, 0.3) is 0 Å². The van der Waals surface area contributed by atoms with Crippen molar-refractivity contribution in [1.82, 2.24) is 25.1 Å². The van der Waals surface area contributed by atoms with Crippen LogP contribution in [0.5, 0.6) is 0 Å². The number of anilines is 1. The summed E-state index contributed by atoms with van der Waals surface area (Å²) in [5.74, 6) is -0.0556. The minimum atomic E-state index is -0.0556. The lowest BCUT2D eigenvalue weighted by Crippen LogP contribution is -2.09. The molecule has 0 saturated heterocycles. The van der Waals surface area contributed by atoms with Crippen LogP contribution in [0.25, 0.3) is 50.0 Å². The molecule has 4 aromatic heterocycles. The highest BCUT2D eigenvalue weighted by molar-refractivity contribution is 6.00. The van der Waals surface area contributed by atoms with Gasteiger partial charge in [0.2, 0.25) is 5.91 Å². The van der Waals surface area contributed by atoms with Gasteiger partial charge in [-0.05, 0) is 42.3 Å². The van der Waals surface area contributed by atoms with Gasteiger partial charge < -0.3 is 10.3 Å². The van der Waals surface area contributed by atoms with E-state index < -0.39 is 0 Å². The summed E-state index contributed by atoms with van der Waals surface area (Å²) in [7, 11) is 0. The highest BCUT2D eigenvalue weighted by Gasteiger charge is 2.15. The smallest absolute Gasteiger partial charge is 0.224 e. The van der Waals surface area contributed by atoms with Gasteiger partial charge in [-0.1, -0.05) is 37.8 Å². The van der Waals surface area contributed by atoms with Crippen LogP contribution in [0.1, 0.15) is 25.8 Å². The summed E-state index contributed by atoms with van der Waals surface area (Å²) < 4.78 is 0. The Bertz CT molecular complexity index is 1570. The molecule has 0 radical (unpaired) electrons. The second-order valence-electron chi connectivity index (χ2n) is 8.03. The molecule has 0 bridgehead atoms.